The van der Waals surface area contributed by atoms with Crippen molar-refractivity contribution in [1.82, 2.24) is 20.9 Å². The molecule has 0 saturated heterocycles. The van der Waals surface area contributed by atoms with Crippen molar-refractivity contribution in [3.05, 3.63) is 29.6 Å². The van der Waals surface area contributed by atoms with Crippen molar-refractivity contribution in [1.29, 1.82) is 0 Å². The molecule has 0 aliphatic heterocycles. The molecule has 7 nitrogen and oxygen atoms in total. The Balaban J connectivity index is 1.78. The standard InChI is InChI=1S/C22H37N5O2/c1-6-24-20(25-14-12-17-11-13-23-15-16(17)2)26-18-7-9-19(10-8-18)27-21(28)29-22(3,4)5/h11,13,15,18-19H,6-10,12,14H2,1-5H3,(H,27,28)(H2,24,25,26). The van der Waals surface area contributed by atoms with Gasteiger partial charge in [0.2, 0.25) is 0 Å². The molecule has 1 saturated carbocycles. The summed E-state index contributed by atoms with van der Waals surface area (Å²) in [6, 6.07) is 2.61. The summed E-state index contributed by atoms with van der Waals surface area (Å²) >= 11 is 0. The summed E-state index contributed by atoms with van der Waals surface area (Å²) in [5.74, 6) is 0.864. The topological polar surface area (TPSA) is 87.6 Å². The molecule has 0 radical (unpaired) electrons. The van der Waals surface area contributed by atoms with Crippen molar-refractivity contribution in [3.8, 4) is 0 Å². The third kappa shape index (κ3) is 8.71. The summed E-state index contributed by atoms with van der Waals surface area (Å²) < 4.78 is 5.35. The van der Waals surface area contributed by atoms with E-state index in [0.29, 0.717) is 6.04 Å². The zero-order valence-electron chi connectivity index (χ0n) is 18.5. The Morgan fingerprint density at radius 2 is 1.86 bits per heavy atom. The fraction of sp³-hybridized carbons (Fsp3) is 0.682. The predicted molar refractivity (Wildman–Crippen MR) is 117 cm³/mol. The van der Waals surface area contributed by atoms with E-state index in [-0.39, 0.29) is 12.1 Å². The average molecular weight is 404 g/mol. The third-order valence-corrected chi connectivity index (χ3v) is 4.92. The number of hydrogen-bond acceptors (Lipinski definition) is 4. The Labute approximate surface area is 175 Å². The highest BCUT2D eigenvalue weighted by Gasteiger charge is 2.25. The van der Waals surface area contributed by atoms with Gasteiger partial charge in [-0.2, -0.15) is 0 Å². The lowest BCUT2D eigenvalue weighted by atomic mass is 9.91. The van der Waals surface area contributed by atoms with Crippen LogP contribution in [0.15, 0.2) is 23.5 Å². The number of amides is 1. The summed E-state index contributed by atoms with van der Waals surface area (Å²) in [5, 5.41) is 9.88. The Kier molecular flexibility index (Phi) is 8.73. The molecule has 2 rings (SSSR count). The SMILES string of the molecule is CCNC(=NCCc1ccncc1C)NC1CCC(NC(=O)OC(C)(C)C)CC1. The highest BCUT2D eigenvalue weighted by atomic mass is 16.6. The van der Waals surface area contributed by atoms with Gasteiger partial charge in [-0.3, -0.25) is 9.98 Å². The smallest absolute Gasteiger partial charge is 0.407 e. The maximum Gasteiger partial charge on any atom is 0.407 e. The van der Waals surface area contributed by atoms with Gasteiger partial charge < -0.3 is 20.7 Å². The zero-order chi connectivity index (χ0) is 21.3. The fourth-order valence-electron chi connectivity index (χ4n) is 3.44. The highest BCUT2D eigenvalue weighted by Crippen LogP contribution is 2.19. The second-order valence-corrected chi connectivity index (χ2v) is 8.65. The minimum absolute atomic E-state index is 0.178. The minimum atomic E-state index is -0.463. The van der Waals surface area contributed by atoms with E-state index in [9.17, 15) is 4.79 Å². The number of carbonyl (C=O) groups is 1. The number of rotatable bonds is 6. The number of aryl methyl sites for hydroxylation is 1. The number of aliphatic imine (C=N–C) groups is 1. The zero-order valence-corrected chi connectivity index (χ0v) is 18.5. The first-order chi connectivity index (χ1) is 13.8. The second-order valence-electron chi connectivity index (χ2n) is 8.65. The van der Waals surface area contributed by atoms with Gasteiger partial charge in [0.1, 0.15) is 5.60 Å². The van der Waals surface area contributed by atoms with Crippen LogP contribution in [0, 0.1) is 6.92 Å². The van der Waals surface area contributed by atoms with Gasteiger partial charge in [-0.1, -0.05) is 0 Å². The van der Waals surface area contributed by atoms with Crippen LogP contribution in [0.1, 0.15) is 64.5 Å². The van der Waals surface area contributed by atoms with Gasteiger partial charge in [0.25, 0.3) is 0 Å². The molecule has 1 amide bonds. The summed E-state index contributed by atoms with van der Waals surface area (Å²) in [6.45, 7) is 11.4. The maximum absolute atomic E-state index is 11.9. The molecule has 0 bridgehead atoms. The van der Waals surface area contributed by atoms with Crippen molar-refractivity contribution in [2.45, 2.75) is 84.4 Å². The molecule has 0 atom stereocenters. The molecule has 1 aliphatic rings. The number of carbonyl (C=O) groups excluding carboxylic acids is 1. The van der Waals surface area contributed by atoms with Gasteiger partial charge >= 0.3 is 6.09 Å². The third-order valence-electron chi connectivity index (χ3n) is 4.92. The van der Waals surface area contributed by atoms with Crippen molar-refractivity contribution in [2.75, 3.05) is 13.1 Å². The van der Waals surface area contributed by atoms with Crippen LogP contribution in [0.2, 0.25) is 0 Å². The Morgan fingerprint density at radius 1 is 1.21 bits per heavy atom. The molecule has 0 spiro atoms. The molecule has 0 aromatic carbocycles. The Morgan fingerprint density at radius 3 is 2.45 bits per heavy atom. The van der Waals surface area contributed by atoms with Gasteiger partial charge in [0, 0.05) is 37.6 Å². The monoisotopic (exact) mass is 403 g/mol. The van der Waals surface area contributed by atoms with Crippen molar-refractivity contribution in [2.24, 2.45) is 4.99 Å². The van der Waals surface area contributed by atoms with Gasteiger partial charge in [-0.25, -0.2) is 4.79 Å². The van der Waals surface area contributed by atoms with Crippen LogP contribution < -0.4 is 16.0 Å². The minimum Gasteiger partial charge on any atom is -0.444 e. The van der Waals surface area contributed by atoms with Gasteiger partial charge in [0.15, 0.2) is 5.96 Å². The first-order valence-electron chi connectivity index (χ1n) is 10.7. The number of nitrogens with one attached hydrogen (secondary N) is 3. The number of alkyl carbamates (subject to hydrolysis) is 1. The lowest BCUT2D eigenvalue weighted by Gasteiger charge is -2.31. The normalized spacial score (nSPS) is 20.1. The van der Waals surface area contributed by atoms with E-state index >= 15 is 0 Å². The van der Waals surface area contributed by atoms with Crippen LogP contribution in [-0.4, -0.2) is 47.8 Å². The van der Waals surface area contributed by atoms with Crippen LogP contribution in [0.3, 0.4) is 0 Å². The van der Waals surface area contributed by atoms with Crippen LogP contribution in [0.5, 0.6) is 0 Å². The van der Waals surface area contributed by atoms with E-state index in [4.69, 9.17) is 9.73 Å². The van der Waals surface area contributed by atoms with Crippen molar-refractivity contribution < 1.29 is 9.53 Å². The molecule has 1 heterocycles. The van der Waals surface area contributed by atoms with E-state index in [2.05, 4.69) is 40.8 Å². The number of nitrogens with zero attached hydrogens (tertiary/aromatic N) is 2. The summed E-state index contributed by atoms with van der Waals surface area (Å²) in [7, 11) is 0. The van der Waals surface area contributed by atoms with Crippen LogP contribution in [0.4, 0.5) is 4.79 Å². The Bertz CT molecular complexity index is 676. The maximum atomic E-state index is 11.9. The molecular formula is C22H37N5O2. The molecule has 7 heteroatoms. The van der Waals surface area contributed by atoms with Gasteiger partial charge in [0.05, 0.1) is 0 Å². The highest BCUT2D eigenvalue weighted by molar-refractivity contribution is 5.80. The number of aromatic nitrogens is 1. The number of pyridine rings is 1. The lowest BCUT2D eigenvalue weighted by molar-refractivity contribution is 0.0490. The van der Waals surface area contributed by atoms with Crippen LogP contribution in [-0.2, 0) is 11.2 Å². The van der Waals surface area contributed by atoms with E-state index in [1.54, 1.807) is 0 Å². The van der Waals surface area contributed by atoms with Crippen molar-refractivity contribution >= 4 is 12.1 Å². The van der Waals surface area contributed by atoms with E-state index in [1.807, 2.05) is 33.2 Å². The first-order valence-corrected chi connectivity index (χ1v) is 10.7. The first kappa shape index (κ1) is 23.0. The molecular weight excluding hydrogens is 366 g/mol. The average Bonchev–Trinajstić information content (AvgIpc) is 2.63. The van der Waals surface area contributed by atoms with Gasteiger partial charge in [-0.15, -0.1) is 0 Å². The van der Waals surface area contributed by atoms with Crippen molar-refractivity contribution in [3.63, 3.8) is 0 Å². The summed E-state index contributed by atoms with van der Waals surface area (Å²) in [6.07, 6.45) is 8.17. The van der Waals surface area contributed by atoms with E-state index in [1.165, 1.54) is 11.1 Å². The van der Waals surface area contributed by atoms with Crippen LogP contribution in [0.25, 0.3) is 0 Å². The van der Waals surface area contributed by atoms with Crippen LogP contribution >= 0.6 is 0 Å². The number of guanidine groups is 1. The fourth-order valence-corrected chi connectivity index (χ4v) is 3.44. The molecule has 1 aromatic rings. The summed E-state index contributed by atoms with van der Waals surface area (Å²) in [4.78, 5) is 20.8. The Hall–Kier alpha value is -2.31. The number of hydrogen-bond donors (Lipinski definition) is 3. The second kappa shape index (κ2) is 11.0. The number of ether oxygens (including phenoxy) is 1. The van der Waals surface area contributed by atoms with E-state index < -0.39 is 5.60 Å². The largest absolute Gasteiger partial charge is 0.444 e. The predicted octanol–water partition coefficient (Wildman–Crippen LogP) is 3.32. The molecule has 1 aromatic heterocycles. The van der Waals surface area contributed by atoms with E-state index in [0.717, 1.165) is 51.2 Å². The lowest BCUT2D eigenvalue weighted by Crippen LogP contribution is -2.48. The quantitative estimate of drug-likeness (QED) is 0.501. The molecule has 29 heavy (non-hydrogen) atoms. The molecule has 162 valence electrons. The summed E-state index contributed by atoms with van der Waals surface area (Å²) in [5.41, 5.74) is 2.03. The molecule has 0 unspecified atom stereocenters. The molecule has 1 aliphatic carbocycles. The molecule has 3 N–H and O–H groups in total. The molecule has 1 fully saturated rings. The van der Waals surface area contributed by atoms with Gasteiger partial charge in [-0.05, 0) is 83.9 Å².